The summed E-state index contributed by atoms with van der Waals surface area (Å²) < 4.78 is 10.7. The second-order valence-electron chi connectivity index (χ2n) is 5.00. The fourth-order valence-electron chi connectivity index (χ4n) is 2.52. The minimum absolute atomic E-state index is 0. The van der Waals surface area contributed by atoms with Gasteiger partial charge in [-0.15, -0.1) is 0 Å². The van der Waals surface area contributed by atoms with Crippen molar-refractivity contribution in [2.45, 2.75) is 12.5 Å². The summed E-state index contributed by atoms with van der Waals surface area (Å²) in [7, 11) is 1.44. The Morgan fingerprint density at radius 3 is 2.52 bits per heavy atom. The molecule has 0 aromatic heterocycles. The van der Waals surface area contributed by atoms with Crippen molar-refractivity contribution in [2.75, 3.05) is 7.11 Å². The molecule has 1 aliphatic rings. The van der Waals surface area contributed by atoms with Gasteiger partial charge >= 0.3 is 0 Å². The largest absolute Gasteiger partial charge is 0.508 e. The molecule has 0 spiro atoms. The third-order valence-corrected chi connectivity index (χ3v) is 3.56. The van der Waals surface area contributed by atoms with E-state index < -0.39 is 6.10 Å². The topological polar surface area (TPSA) is 128 Å². The van der Waals surface area contributed by atoms with E-state index in [4.69, 9.17) is 9.47 Å². The van der Waals surface area contributed by atoms with Crippen LogP contribution < -0.4 is 9.47 Å². The number of ketones is 1. The highest BCUT2D eigenvalue weighted by Gasteiger charge is 2.31. The fraction of sp³-hybridized carbons (Fsp3) is 0.188. The van der Waals surface area contributed by atoms with Crippen LogP contribution in [0.4, 0.5) is 0 Å². The lowest BCUT2D eigenvalue weighted by Gasteiger charge is -2.26. The van der Waals surface area contributed by atoms with Gasteiger partial charge in [0.1, 0.15) is 28.9 Å². The lowest BCUT2D eigenvalue weighted by Crippen LogP contribution is -2.20. The van der Waals surface area contributed by atoms with Crippen LogP contribution in [0.1, 0.15) is 28.4 Å². The van der Waals surface area contributed by atoms with Gasteiger partial charge in [-0.2, -0.15) is 0 Å². The number of fused-ring (bicyclic) bond motifs is 1. The van der Waals surface area contributed by atoms with E-state index in [1.165, 1.54) is 19.2 Å². The molecule has 0 amide bonds. The van der Waals surface area contributed by atoms with E-state index >= 15 is 0 Å². The van der Waals surface area contributed by atoms with Crippen LogP contribution in [0.5, 0.6) is 28.7 Å². The first-order valence-corrected chi connectivity index (χ1v) is 6.62. The minimum Gasteiger partial charge on any atom is -0.508 e. The Bertz CT molecular complexity index is 754. The molecule has 0 saturated heterocycles. The number of aromatic hydroxyl groups is 3. The van der Waals surface area contributed by atoms with Crippen LogP contribution in [-0.4, -0.2) is 33.7 Å². The number of methoxy groups -OCH3 is 1. The van der Waals surface area contributed by atoms with Crippen LogP contribution in [0.25, 0.3) is 0 Å². The molecule has 7 nitrogen and oxygen atoms in total. The Morgan fingerprint density at radius 2 is 1.87 bits per heavy atom. The van der Waals surface area contributed by atoms with Crippen LogP contribution in [0, 0.1) is 0 Å². The highest BCUT2D eigenvalue weighted by atomic mass is 16.5. The zero-order valence-corrected chi connectivity index (χ0v) is 12.2. The van der Waals surface area contributed by atoms with E-state index in [1.54, 1.807) is 12.1 Å². The van der Waals surface area contributed by atoms with Crippen molar-refractivity contribution in [3.63, 3.8) is 0 Å². The minimum atomic E-state index is -0.613. The van der Waals surface area contributed by atoms with Gasteiger partial charge in [-0.3, -0.25) is 4.79 Å². The molecule has 122 valence electrons. The van der Waals surface area contributed by atoms with Crippen LogP contribution in [0.15, 0.2) is 30.3 Å². The van der Waals surface area contributed by atoms with Crippen molar-refractivity contribution in [1.82, 2.24) is 0 Å². The quantitative estimate of drug-likeness (QED) is 0.772. The average Bonchev–Trinajstić information content (AvgIpc) is 2.45. The Balaban J connectivity index is 0.00000192. The first-order chi connectivity index (χ1) is 10.5. The number of hydrogen-bond acceptors (Lipinski definition) is 6. The smallest absolute Gasteiger partial charge is 0.174 e. The summed E-state index contributed by atoms with van der Waals surface area (Å²) in [6.07, 6.45) is -0.588. The Hall–Kier alpha value is -2.93. The van der Waals surface area contributed by atoms with Gasteiger partial charge in [-0.05, 0) is 17.7 Å². The monoisotopic (exact) mass is 320 g/mol. The molecule has 1 atom stereocenters. The third-order valence-electron chi connectivity index (χ3n) is 3.56. The lowest BCUT2D eigenvalue weighted by atomic mass is 9.95. The molecular formula is C16H16O7. The Kier molecular flexibility index (Phi) is 4.33. The van der Waals surface area contributed by atoms with Crippen LogP contribution in [0.3, 0.4) is 0 Å². The molecule has 2 aromatic rings. The number of Topliss-reactive ketones (excluding diaryl/α,β-unsaturated/α-hetero) is 1. The number of phenols is 3. The SMILES string of the molecule is COc1ccc([C@@H]2CC(=O)c3c(O)cc(O)cc3O2)cc1O.O. The van der Waals surface area contributed by atoms with Crippen molar-refractivity contribution in [3.8, 4) is 28.7 Å². The maximum Gasteiger partial charge on any atom is 0.174 e. The molecule has 7 heteroatoms. The van der Waals surface area contributed by atoms with Crippen molar-refractivity contribution in [1.29, 1.82) is 0 Å². The molecule has 1 aliphatic heterocycles. The predicted molar refractivity (Wildman–Crippen MR) is 80.4 cm³/mol. The van der Waals surface area contributed by atoms with E-state index in [1.807, 2.05) is 0 Å². The lowest BCUT2D eigenvalue weighted by molar-refractivity contribution is 0.0844. The number of carbonyl (C=O) groups is 1. The first-order valence-electron chi connectivity index (χ1n) is 6.62. The third kappa shape index (κ3) is 2.86. The van der Waals surface area contributed by atoms with Gasteiger partial charge in [0, 0.05) is 12.1 Å². The van der Waals surface area contributed by atoms with Gasteiger partial charge in [0.05, 0.1) is 13.5 Å². The molecule has 2 aromatic carbocycles. The van der Waals surface area contributed by atoms with Crippen LogP contribution in [0.2, 0.25) is 0 Å². The molecule has 23 heavy (non-hydrogen) atoms. The normalized spacial score (nSPS) is 16.0. The molecule has 0 saturated carbocycles. The highest BCUT2D eigenvalue weighted by Crippen LogP contribution is 2.42. The summed E-state index contributed by atoms with van der Waals surface area (Å²) in [6.45, 7) is 0. The van der Waals surface area contributed by atoms with E-state index in [0.717, 1.165) is 6.07 Å². The van der Waals surface area contributed by atoms with Crippen molar-refractivity contribution in [3.05, 3.63) is 41.5 Å². The van der Waals surface area contributed by atoms with Crippen molar-refractivity contribution in [2.24, 2.45) is 0 Å². The van der Waals surface area contributed by atoms with E-state index in [2.05, 4.69) is 0 Å². The molecule has 0 aliphatic carbocycles. The molecule has 0 fully saturated rings. The molecular weight excluding hydrogens is 304 g/mol. The van der Waals surface area contributed by atoms with E-state index in [9.17, 15) is 20.1 Å². The number of carbonyl (C=O) groups excluding carboxylic acids is 1. The summed E-state index contributed by atoms with van der Waals surface area (Å²) in [5, 5.41) is 29.1. The summed E-state index contributed by atoms with van der Waals surface area (Å²) in [5.41, 5.74) is 0.659. The number of ether oxygens (including phenoxy) is 2. The maximum atomic E-state index is 12.2. The maximum absolute atomic E-state index is 12.2. The van der Waals surface area contributed by atoms with E-state index in [-0.39, 0.29) is 46.2 Å². The Morgan fingerprint density at radius 1 is 1.13 bits per heavy atom. The second-order valence-corrected chi connectivity index (χ2v) is 5.00. The molecule has 3 rings (SSSR count). The average molecular weight is 320 g/mol. The highest BCUT2D eigenvalue weighted by molar-refractivity contribution is 6.02. The van der Waals surface area contributed by atoms with E-state index in [0.29, 0.717) is 11.3 Å². The van der Waals surface area contributed by atoms with Crippen LogP contribution in [-0.2, 0) is 0 Å². The molecule has 0 radical (unpaired) electrons. The summed E-state index contributed by atoms with van der Waals surface area (Å²) in [5.74, 6) is -0.409. The number of rotatable bonds is 2. The molecule has 5 N–H and O–H groups in total. The first kappa shape index (κ1) is 16.4. The predicted octanol–water partition coefficient (Wildman–Crippen LogP) is 1.69. The Labute approximate surface area is 131 Å². The van der Waals surface area contributed by atoms with Gasteiger partial charge in [-0.1, -0.05) is 6.07 Å². The summed E-state index contributed by atoms with van der Waals surface area (Å²) in [6, 6.07) is 7.10. The number of hydrogen-bond donors (Lipinski definition) is 3. The van der Waals surface area contributed by atoms with Crippen molar-refractivity contribution >= 4 is 5.78 Å². The van der Waals surface area contributed by atoms with Gasteiger partial charge in [0.2, 0.25) is 0 Å². The second kappa shape index (κ2) is 6.05. The molecule has 0 bridgehead atoms. The zero-order valence-electron chi connectivity index (χ0n) is 12.2. The summed E-state index contributed by atoms with van der Waals surface area (Å²) >= 11 is 0. The van der Waals surface area contributed by atoms with Crippen molar-refractivity contribution < 1.29 is 35.1 Å². The van der Waals surface area contributed by atoms with Gasteiger partial charge in [-0.25, -0.2) is 0 Å². The van der Waals surface area contributed by atoms with Gasteiger partial charge in [0.15, 0.2) is 17.3 Å². The zero-order chi connectivity index (χ0) is 15.9. The fourth-order valence-corrected chi connectivity index (χ4v) is 2.52. The van der Waals surface area contributed by atoms with Crippen LogP contribution >= 0.6 is 0 Å². The molecule has 1 heterocycles. The summed E-state index contributed by atoms with van der Waals surface area (Å²) in [4.78, 5) is 12.2. The molecule has 0 unspecified atom stereocenters. The van der Waals surface area contributed by atoms with Gasteiger partial charge < -0.3 is 30.3 Å². The number of benzene rings is 2. The standard InChI is InChI=1S/C16H14O6.H2O/c1-21-13-3-2-8(4-10(13)18)14-7-12(20)16-11(19)5-9(17)6-15(16)22-14;/h2-6,14,17-19H,7H2,1H3;1H2/t14-;/m0./s1. The number of phenolic OH excluding ortho intramolecular Hbond substituents is 3. The van der Waals surface area contributed by atoms with Gasteiger partial charge in [0.25, 0.3) is 0 Å².